The molecule has 1 unspecified atom stereocenters. The van der Waals surface area contributed by atoms with Crippen molar-refractivity contribution in [1.82, 2.24) is 0 Å². The molecule has 0 amide bonds. The van der Waals surface area contributed by atoms with Gasteiger partial charge in [-0.1, -0.05) is 19.1 Å². The van der Waals surface area contributed by atoms with Gasteiger partial charge in [-0.2, -0.15) is 5.26 Å². The molecule has 1 atom stereocenters. The fraction of sp³-hybridized carbons (Fsp3) is 0.312. The lowest BCUT2D eigenvalue weighted by Crippen LogP contribution is -2.04. The van der Waals surface area contributed by atoms with E-state index in [0.717, 1.165) is 17.7 Å². The highest BCUT2D eigenvalue weighted by molar-refractivity contribution is 7.12. The van der Waals surface area contributed by atoms with Gasteiger partial charge in [-0.25, -0.2) is 0 Å². The van der Waals surface area contributed by atoms with E-state index in [-0.39, 0.29) is 0 Å². The predicted molar refractivity (Wildman–Crippen MR) is 81.5 cm³/mol. The van der Waals surface area contributed by atoms with Gasteiger partial charge in [-0.05, 0) is 43.2 Å². The summed E-state index contributed by atoms with van der Waals surface area (Å²) in [6, 6.07) is 15.0. The Morgan fingerprint density at radius 3 is 2.53 bits per heavy atom. The van der Waals surface area contributed by atoms with Crippen LogP contribution in [0.4, 0.5) is 5.69 Å². The molecule has 1 aromatic heterocycles. The second kappa shape index (κ2) is 6.40. The average Bonchev–Trinajstić information content (AvgIpc) is 2.90. The molecular formula is C16H18N2S. The number of aryl methyl sites for hydroxylation is 1. The van der Waals surface area contributed by atoms with Crippen LogP contribution in [0.1, 0.15) is 35.2 Å². The van der Waals surface area contributed by atoms with E-state index >= 15 is 0 Å². The first kappa shape index (κ1) is 13.6. The van der Waals surface area contributed by atoms with Crippen molar-refractivity contribution in [3.8, 4) is 6.07 Å². The zero-order valence-corrected chi connectivity index (χ0v) is 12.1. The van der Waals surface area contributed by atoms with Gasteiger partial charge in [0.2, 0.25) is 0 Å². The number of hydrogen-bond donors (Lipinski definition) is 1. The van der Waals surface area contributed by atoms with Crippen LogP contribution in [-0.4, -0.2) is 0 Å². The zero-order valence-electron chi connectivity index (χ0n) is 11.3. The normalized spacial score (nSPS) is 11.8. The molecule has 1 N–H and O–H groups in total. The first-order valence-electron chi connectivity index (χ1n) is 6.54. The number of hydrogen-bond acceptors (Lipinski definition) is 3. The summed E-state index contributed by atoms with van der Waals surface area (Å²) in [6.45, 7) is 4.36. The molecule has 0 aliphatic heterocycles. The highest BCUT2D eigenvalue weighted by atomic mass is 32.1. The molecule has 0 saturated carbocycles. The largest absolute Gasteiger partial charge is 0.378 e. The van der Waals surface area contributed by atoms with Crippen molar-refractivity contribution in [2.45, 2.75) is 32.7 Å². The van der Waals surface area contributed by atoms with Crippen LogP contribution in [0, 0.1) is 11.3 Å². The summed E-state index contributed by atoms with van der Waals surface area (Å²) in [7, 11) is 0. The number of rotatable bonds is 5. The lowest BCUT2D eigenvalue weighted by molar-refractivity contribution is 0.908. The molecule has 1 aromatic carbocycles. The van der Waals surface area contributed by atoms with E-state index in [2.05, 4.69) is 37.4 Å². The molecule has 0 aliphatic rings. The van der Waals surface area contributed by atoms with Gasteiger partial charge in [0.1, 0.15) is 0 Å². The van der Waals surface area contributed by atoms with E-state index in [1.165, 1.54) is 9.75 Å². The van der Waals surface area contributed by atoms with Gasteiger partial charge in [0.25, 0.3) is 0 Å². The van der Waals surface area contributed by atoms with Crippen molar-refractivity contribution in [2.24, 2.45) is 0 Å². The molecule has 98 valence electrons. The van der Waals surface area contributed by atoms with Crippen molar-refractivity contribution < 1.29 is 0 Å². The second-order valence-corrected chi connectivity index (χ2v) is 5.76. The van der Waals surface area contributed by atoms with Crippen LogP contribution >= 0.6 is 11.3 Å². The standard InChI is InChI=1S/C16H18N2S/c1-3-15-8-9-16(19-15)12(2)18-14-6-4-13(5-7-14)10-11-17/h4-9,12,18H,3,10H2,1-2H3. The number of anilines is 1. The number of benzene rings is 1. The highest BCUT2D eigenvalue weighted by Crippen LogP contribution is 2.26. The van der Waals surface area contributed by atoms with Crippen molar-refractivity contribution in [1.29, 1.82) is 5.26 Å². The molecule has 0 fully saturated rings. The smallest absolute Gasteiger partial charge is 0.0669 e. The molecule has 2 aromatic rings. The van der Waals surface area contributed by atoms with Crippen molar-refractivity contribution in [3.63, 3.8) is 0 Å². The van der Waals surface area contributed by atoms with Crippen LogP contribution in [0.5, 0.6) is 0 Å². The SMILES string of the molecule is CCc1ccc(C(C)Nc2ccc(CC#N)cc2)s1. The Hall–Kier alpha value is -1.79. The van der Waals surface area contributed by atoms with Gasteiger partial charge in [0.15, 0.2) is 0 Å². The maximum atomic E-state index is 8.64. The summed E-state index contributed by atoms with van der Waals surface area (Å²) in [5.41, 5.74) is 2.16. The van der Waals surface area contributed by atoms with Crippen LogP contribution in [0.25, 0.3) is 0 Å². The van der Waals surface area contributed by atoms with Gasteiger partial charge >= 0.3 is 0 Å². The van der Waals surface area contributed by atoms with Crippen molar-refractivity contribution >= 4 is 17.0 Å². The van der Waals surface area contributed by atoms with Gasteiger partial charge in [0.05, 0.1) is 18.5 Å². The van der Waals surface area contributed by atoms with E-state index in [9.17, 15) is 0 Å². The molecule has 2 nitrogen and oxygen atoms in total. The maximum absolute atomic E-state index is 8.64. The number of nitriles is 1. The van der Waals surface area contributed by atoms with Crippen LogP contribution in [-0.2, 0) is 12.8 Å². The van der Waals surface area contributed by atoms with E-state index in [4.69, 9.17) is 5.26 Å². The first-order valence-corrected chi connectivity index (χ1v) is 7.35. The minimum absolute atomic E-state index is 0.312. The molecule has 19 heavy (non-hydrogen) atoms. The minimum atomic E-state index is 0.312. The number of nitrogens with one attached hydrogen (secondary N) is 1. The fourth-order valence-electron chi connectivity index (χ4n) is 1.95. The van der Waals surface area contributed by atoms with Gasteiger partial charge in [-0.15, -0.1) is 11.3 Å². The summed E-state index contributed by atoms with van der Waals surface area (Å²) in [4.78, 5) is 2.78. The third kappa shape index (κ3) is 3.59. The topological polar surface area (TPSA) is 35.8 Å². The first-order chi connectivity index (χ1) is 9.22. The minimum Gasteiger partial charge on any atom is -0.378 e. The summed E-state index contributed by atoms with van der Waals surface area (Å²) >= 11 is 1.87. The summed E-state index contributed by atoms with van der Waals surface area (Å²) < 4.78 is 0. The molecule has 0 radical (unpaired) electrons. The van der Waals surface area contributed by atoms with E-state index in [1.807, 2.05) is 35.6 Å². The lowest BCUT2D eigenvalue weighted by Gasteiger charge is -2.13. The molecule has 1 heterocycles. The molecular weight excluding hydrogens is 252 g/mol. The van der Waals surface area contributed by atoms with Crippen LogP contribution < -0.4 is 5.32 Å². The fourth-order valence-corrected chi connectivity index (χ4v) is 2.90. The van der Waals surface area contributed by atoms with Gasteiger partial charge < -0.3 is 5.32 Å². The quantitative estimate of drug-likeness (QED) is 0.865. The molecule has 0 spiro atoms. The molecule has 0 aliphatic carbocycles. The summed E-state index contributed by atoms with van der Waals surface area (Å²) in [5.74, 6) is 0. The Balaban J connectivity index is 2.02. The van der Waals surface area contributed by atoms with E-state index in [1.54, 1.807) is 0 Å². The third-order valence-corrected chi connectivity index (χ3v) is 4.49. The predicted octanol–water partition coefficient (Wildman–Crippen LogP) is 4.55. The Morgan fingerprint density at radius 2 is 1.95 bits per heavy atom. The number of nitrogens with zero attached hydrogens (tertiary/aromatic N) is 1. The lowest BCUT2D eigenvalue weighted by atomic mass is 10.1. The second-order valence-electron chi connectivity index (χ2n) is 4.56. The van der Waals surface area contributed by atoms with E-state index in [0.29, 0.717) is 12.5 Å². The van der Waals surface area contributed by atoms with Crippen LogP contribution in [0.3, 0.4) is 0 Å². The number of thiophene rings is 1. The molecule has 0 saturated heterocycles. The van der Waals surface area contributed by atoms with Gasteiger partial charge in [-0.3, -0.25) is 0 Å². The van der Waals surface area contributed by atoms with Crippen molar-refractivity contribution in [3.05, 3.63) is 51.7 Å². The molecule has 0 bridgehead atoms. The zero-order chi connectivity index (χ0) is 13.7. The molecule has 2 rings (SSSR count). The Labute approximate surface area is 118 Å². The highest BCUT2D eigenvalue weighted by Gasteiger charge is 2.08. The third-order valence-electron chi connectivity index (χ3n) is 3.08. The van der Waals surface area contributed by atoms with E-state index < -0.39 is 0 Å². The summed E-state index contributed by atoms with van der Waals surface area (Å²) in [5, 5.41) is 12.1. The Kier molecular flexibility index (Phi) is 4.59. The average molecular weight is 270 g/mol. The monoisotopic (exact) mass is 270 g/mol. The maximum Gasteiger partial charge on any atom is 0.0669 e. The van der Waals surface area contributed by atoms with Crippen LogP contribution in [0.2, 0.25) is 0 Å². The summed E-state index contributed by atoms with van der Waals surface area (Å²) in [6.07, 6.45) is 1.57. The van der Waals surface area contributed by atoms with Gasteiger partial charge in [0, 0.05) is 15.4 Å². The Morgan fingerprint density at radius 1 is 1.21 bits per heavy atom. The van der Waals surface area contributed by atoms with Crippen molar-refractivity contribution in [2.75, 3.05) is 5.32 Å². The van der Waals surface area contributed by atoms with Crippen LogP contribution in [0.15, 0.2) is 36.4 Å². The molecule has 3 heteroatoms. The Bertz CT molecular complexity index is 563.